The predicted octanol–water partition coefficient (Wildman–Crippen LogP) is 3.94. The van der Waals surface area contributed by atoms with E-state index in [4.69, 9.17) is 16.1 Å². The van der Waals surface area contributed by atoms with Crippen LogP contribution in [0.25, 0.3) is 11.3 Å². The molecule has 0 amide bonds. The van der Waals surface area contributed by atoms with Crippen molar-refractivity contribution in [3.8, 4) is 11.3 Å². The van der Waals surface area contributed by atoms with Gasteiger partial charge in [0.1, 0.15) is 17.1 Å². The van der Waals surface area contributed by atoms with Crippen molar-refractivity contribution < 1.29 is 18.8 Å². The minimum atomic E-state index is -1.23. The molecule has 1 aromatic carbocycles. The maximum Gasteiger partial charge on any atom is 0.342 e. The Balaban J connectivity index is 2.66. The summed E-state index contributed by atoms with van der Waals surface area (Å²) < 4.78 is 18.8. The van der Waals surface area contributed by atoms with E-state index >= 15 is 0 Å². The van der Waals surface area contributed by atoms with E-state index in [-0.39, 0.29) is 26.9 Å². The Morgan fingerprint density at radius 1 is 1.58 bits per heavy atom. The van der Waals surface area contributed by atoms with E-state index in [1.54, 1.807) is 0 Å². The number of hydrogen-bond donors (Lipinski definition) is 1. The van der Waals surface area contributed by atoms with Crippen molar-refractivity contribution >= 4 is 29.3 Å². The zero-order chi connectivity index (χ0) is 14.0. The number of carbonyl (C=O) groups is 1. The molecule has 0 radical (unpaired) electrons. The third kappa shape index (κ3) is 2.59. The molecule has 0 atom stereocenters. The summed E-state index contributed by atoms with van der Waals surface area (Å²) in [6.07, 6.45) is 0. The van der Waals surface area contributed by atoms with Gasteiger partial charge in [-0.3, -0.25) is 0 Å². The van der Waals surface area contributed by atoms with Crippen LogP contribution in [0.3, 0.4) is 0 Å². The van der Waals surface area contributed by atoms with Gasteiger partial charge in [0.25, 0.3) is 0 Å². The smallest absolute Gasteiger partial charge is 0.342 e. The van der Waals surface area contributed by atoms with Gasteiger partial charge in [-0.1, -0.05) is 41.5 Å². The number of hydrogen-bond acceptors (Lipinski definition) is 4. The van der Waals surface area contributed by atoms with Crippen molar-refractivity contribution in [2.75, 3.05) is 5.75 Å². The molecule has 1 heterocycles. The molecule has 1 aromatic heterocycles. The maximum atomic E-state index is 13.8. The largest absolute Gasteiger partial charge is 0.477 e. The van der Waals surface area contributed by atoms with Gasteiger partial charge in [-0.25, -0.2) is 9.18 Å². The number of thioether (sulfide) groups is 1. The van der Waals surface area contributed by atoms with E-state index in [0.717, 1.165) is 0 Å². The Kier molecular flexibility index (Phi) is 4.11. The van der Waals surface area contributed by atoms with Crippen LogP contribution in [0.4, 0.5) is 4.39 Å². The van der Waals surface area contributed by atoms with Gasteiger partial charge in [-0.2, -0.15) is 0 Å². The van der Waals surface area contributed by atoms with Gasteiger partial charge in [0, 0.05) is 0 Å². The minimum Gasteiger partial charge on any atom is -0.477 e. The van der Waals surface area contributed by atoms with Crippen molar-refractivity contribution in [2.45, 2.75) is 12.0 Å². The van der Waals surface area contributed by atoms with Crippen molar-refractivity contribution in [1.82, 2.24) is 5.16 Å². The first kappa shape index (κ1) is 13.9. The van der Waals surface area contributed by atoms with Crippen LogP contribution in [0.5, 0.6) is 0 Å². The monoisotopic (exact) mass is 301 g/mol. The van der Waals surface area contributed by atoms with Crippen molar-refractivity contribution in [3.05, 3.63) is 34.6 Å². The van der Waals surface area contributed by atoms with Gasteiger partial charge in [0.05, 0.1) is 10.6 Å². The Labute approximate surface area is 117 Å². The molecule has 100 valence electrons. The standard InChI is InChI=1S/C12H9ClFNO3S/c1-2-19-12-9(11(16)17)10(15-18-12)8-6(13)4-3-5-7(8)14/h3-5H,2H2,1H3,(H,16,17). The highest BCUT2D eigenvalue weighted by Gasteiger charge is 2.26. The molecule has 4 nitrogen and oxygen atoms in total. The highest BCUT2D eigenvalue weighted by Crippen LogP contribution is 2.36. The summed E-state index contributed by atoms with van der Waals surface area (Å²) >= 11 is 7.09. The van der Waals surface area contributed by atoms with Crippen LogP contribution in [-0.2, 0) is 0 Å². The fourth-order valence-electron chi connectivity index (χ4n) is 1.59. The van der Waals surface area contributed by atoms with Crippen molar-refractivity contribution in [1.29, 1.82) is 0 Å². The molecule has 7 heteroatoms. The lowest BCUT2D eigenvalue weighted by atomic mass is 10.1. The summed E-state index contributed by atoms with van der Waals surface area (Å²) in [6, 6.07) is 4.09. The molecule has 0 fully saturated rings. The van der Waals surface area contributed by atoms with Crippen LogP contribution >= 0.6 is 23.4 Å². The Hall–Kier alpha value is -1.53. The lowest BCUT2D eigenvalue weighted by Crippen LogP contribution is -2.00. The molecule has 0 aliphatic carbocycles. The van der Waals surface area contributed by atoms with E-state index in [1.807, 2.05) is 6.92 Å². The molecule has 2 aromatic rings. The van der Waals surface area contributed by atoms with Crippen LogP contribution in [0.1, 0.15) is 17.3 Å². The molecule has 0 saturated carbocycles. The van der Waals surface area contributed by atoms with Crippen LogP contribution in [-0.4, -0.2) is 22.0 Å². The first-order valence-electron chi connectivity index (χ1n) is 5.36. The molecule has 0 bridgehead atoms. The number of rotatable bonds is 4. The van der Waals surface area contributed by atoms with E-state index < -0.39 is 11.8 Å². The summed E-state index contributed by atoms with van der Waals surface area (Å²) in [5, 5.41) is 13.1. The number of carboxylic acid groups (broad SMARTS) is 1. The van der Waals surface area contributed by atoms with Crippen LogP contribution in [0, 0.1) is 5.82 Å². The second-order valence-electron chi connectivity index (χ2n) is 3.53. The first-order chi connectivity index (χ1) is 9.06. The summed E-state index contributed by atoms with van der Waals surface area (Å²) in [5.41, 5.74) is -0.321. The van der Waals surface area contributed by atoms with Crippen LogP contribution < -0.4 is 0 Å². The van der Waals surface area contributed by atoms with Crippen LogP contribution in [0.15, 0.2) is 27.8 Å². The molecule has 0 spiro atoms. The number of aromatic nitrogens is 1. The molecule has 19 heavy (non-hydrogen) atoms. The van der Waals surface area contributed by atoms with Crippen LogP contribution in [0.2, 0.25) is 5.02 Å². The second kappa shape index (κ2) is 5.63. The molecular weight excluding hydrogens is 293 g/mol. The molecule has 0 unspecified atom stereocenters. The summed E-state index contributed by atoms with van der Waals surface area (Å²) in [7, 11) is 0. The Morgan fingerprint density at radius 2 is 2.32 bits per heavy atom. The van der Waals surface area contributed by atoms with E-state index in [1.165, 1.54) is 30.0 Å². The highest BCUT2D eigenvalue weighted by atomic mass is 35.5. The Morgan fingerprint density at radius 3 is 2.89 bits per heavy atom. The number of nitrogens with zero attached hydrogens (tertiary/aromatic N) is 1. The summed E-state index contributed by atoms with van der Waals surface area (Å²) in [5.74, 6) is -1.26. The van der Waals surface area contributed by atoms with Gasteiger partial charge in [0.2, 0.25) is 5.09 Å². The number of aromatic carboxylic acids is 1. The van der Waals surface area contributed by atoms with Gasteiger partial charge < -0.3 is 9.63 Å². The van der Waals surface area contributed by atoms with E-state index in [9.17, 15) is 14.3 Å². The number of benzene rings is 1. The maximum absolute atomic E-state index is 13.8. The zero-order valence-corrected chi connectivity index (χ0v) is 11.4. The van der Waals surface area contributed by atoms with Gasteiger partial charge >= 0.3 is 5.97 Å². The number of carboxylic acids is 1. The first-order valence-corrected chi connectivity index (χ1v) is 6.72. The third-order valence-corrected chi connectivity index (χ3v) is 3.49. The highest BCUT2D eigenvalue weighted by molar-refractivity contribution is 7.99. The average Bonchev–Trinajstić information content (AvgIpc) is 2.73. The van der Waals surface area contributed by atoms with Gasteiger partial charge in [-0.05, 0) is 17.9 Å². The molecular formula is C12H9ClFNO3S. The lowest BCUT2D eigenvalue weighted by Gasteiger charge is -2.03. The van der Waals surface area contributed by atoms with E-state index in [2.05, 4.69) is 5.16 Å². The van der Waals surface area contributed by atoms with Gasteiger partial charge in [0.15, 0.2) is 0 Å². The quantitative estimate of drug-likeness (QED) is 0.866. The SMILES string of the molecule is CCSc1onc(-c2c(F)cccc2Cl)c1C(=O)O. The topological polar surface area (TPSA) is 63.3 Å². The summed E-state index contributed by atoms with van der Waals surface area (Å²) in [4.78, 5) is 11.3. The second-order valence-corrected chi connectivity index (χ2v) is 5.17. The summed E-state index contributed by atoms with van der Waals surface area (Å²) in [6.45, 7) is 1.84. The fraction of sp³-hybridized carbons (Fsp3) is 0.167. The molecule has 1 N–H and O–H groups in total. The molecule has 0 saturated heterocycles. The fourth-order valence-corrected chi connectivity index (χ4v) is 2.52. The molecule has 2 rings (SSSR count). The number of halogens is 2. The minimum absolute atomic E-state index is 0.0618. The van der Waals surface area contributed by atoms with Crippen molar-refractivity contribution in [3.63, 3.8) is 0 Å². The molecule has 0 aliphatic rings. The van der Waals surface area contributed by atoms with Crippen molar-refractivity contribution in [2.24, 2.45) is 0 Å². The normalized spacial score (nSPS) is 10.7. The Bertz CT molecular complexity index is 609. The zero-order valence-electron chi connectivity index (χ0n) is 9.81. The van der Waals surface area contributed by atoms with Gasteiger partial charge in [-0.15, -0.1) is 0 Å². The van der Waals surface area contributed by atoms with E-state index in [0.29, 0.717) is 5.75 Å². The predicted molar refractivity (Wildman–Crippen MR) is 70.3 cm³/mol. The molecule has 0 aliphatic heterocycles. The third-order valence-electron chi connectivity index (χ3n) is 2.35. The lowest BCUT2D eigenvalue weighted by molar-refractivity contribution is 0.0691. The average molecular weight is 302 g/mol.